The Balaban J connectivity index is 1.04. The molecule has 0 radical (unpaired) electrons. The van der Waals surface area contributed by atoms with Crippen LogP contribution in [0.4, 0.5) is 0 Å². The van der Waals surface area contributed by atoms with Crippen molar-refractivity contribution in [2.24, 2.45) is 0 Å². The predicted octanol–water partition coefficient (Wildman–Crippen LogP) is 13.6. The normalized spacial score (nSPS) is 11.4. The van der Waals surface area contributed by atoms with Gasteiger partial charge in [-0.25, -0.2) is 0 Å². The first-order valence-electron chi connectivity index (χ1n) is 18.0. The second kappa shape index (κ2) is 12.5. The third-order valence-electron chi connectivity index (χ3n) is 10.6. The van der Waals surface area contributed by atoms with E-state index in [0.29, 0.717) is 5.56 Å². The molecule has 2 nitrogen and oxygen atoms in total. The molecule has 53 heavy (non-hydrogen) atoms. The largest absolute Gasteiger partial charge is 0.308 e. The predicted molar refractivity (Wildman–Crippen MR) is 222 cm³/mol. The molecule has 0 atom stereocenters. The summed E-state index contributed by atoms with van der Waals surface area (Å²) in [5.41, 5.74) is 13.0. The first-order valence-corrected chi connectivity index (χ1v) is 18.0. The number of nitrogens with zero attached hydrogens (tertiary/aromatic N) is 2. The van der Waals surface area contributed by atoms with Gasteiger partial charge in [-0.2, -0.15) is 5.26 Å². The summed E-state index contributed by atoms with van der Waals surface area (Å²) in [6.07, 6.45) is 0. The molecule has 0 fully saturated rings. The lowest BCUT2D eigenvalue weighted by Gasteiger charge is -2.18. The van der Waals surface area contributed by atoms with Gasteiger partial charge in [0.1, 0.15) is 6.07 Å². The van der Waals surface area contributed by atoms with Crippen molar-refractivity contribution in [3.05, 3.63) is 200 Å². The van der Waals surface area contributed by atoms with Crippen LogP contribution in [0.1, 0.15) is 5.56 Å². The van der Waals surface area contributed by atoms with Gasteiger partial charge >= 0.3 is 0 Å². The number of para-hydroxylation sites is 2. The summed E-state index contributed by atoms with van der Waals surface area (Å²) in [5.74, 6) is 0. The number of benzene rings is 9. The van der Waals surface area contributed by atoms with Crippen LogP contribution in [0.5, 0.6) is 0 Å². The van der Waals surface area contributed by atoms with Crippen molar-refractivity contribution < 1.29 is 0 Å². The average molecular weight is 673 g/mol. The zero-order valence-corrected chi connectivity index (χ0v) is 28.9. The molecule has 0 N–H and O–H groups in total. The summed E-state index contributed by atoms with van der Waals surface area (Å²) in [7, 11) is 0. The van der Waals surface area contributed by atoms with E-state index in [9.17, 15) is 5.26 Å². The minimum atomic E-state index is 0.640. The highest BCUT2D eigenvalue weighted by molar-refractivity contribution is 6.21. The maximum Gasteiger partial charge on any atom is 0.101 e. The molecule has 0 spiro atoms. The first kappa shape index (κ1) is 30.6. The van der Waals surface area contributed by atoms with Gasteiger partial charge in [0.2, 0.25) is 0 Å². The Bertz CT molecular complexity index is 2940. The molecule has 0 amide bonds. The summed E-state index contributed by atoms with van der Waals surface area (Å²) in [5, 5.41) is 17.8. The molecule has 246 valence electrons. The highest BCUT2D eigenvalue weighted by Crippen LogP contribution is 2.44. The van der Waals surface area contributed by atoms with Gasteiger partial charge in [0.15, 0.2) is 0 Å². The summed E-state index contributed by atoms with van der Waals surface area (Å²) >= 11 is 0. The van der Waals surface area contributed by atoms with Gasteiger partial charge in [-0.15, -0.1) is 0 Å². The van der Waals surface area contributed by atoms with E-state index < -0.39 is 0 Å². The van der Waals surface area contributed by atoms with Crippen LogP contribution in [0, 0.1) is 11.3 Å². The number of fused-ring (bicyclic) bond motifs is 5. The molecule has 9 aromatic carbocycles. The highest BCUT2D eigenvalue weighted by atomic mass is 15.0. The summed E-state index contributed by atoms with van der Waals surface area (Å²) in [6.45, 7) is 0. The maximum absolute atomic E-state index is 10.4. The van der Waals surface area contributed by atoms with Crippen LogP contribution < -0.4 is 0 Å². The monoisotopic (exact) mass is 672 g/mol. The van der Waals surface area contributed by atoms with E-state index in [1.165, 1.54) is 54.6 Å². The molecule has 2 heteroatoms. The van der Waals surface area contributed by atoms with Crippen molar-refractivity contribution in [3.63, 3.8) is 0 Å². The standard InChI is InChI=1S/C51H32N2/c52-33-40-32-39(29-30-47(40)53-48-23-10-8-17-41(48)42-18-9-11-24-49(42)53)38-16-12-15-37(31-38)34-25-27-36(28-26-34)51-45-21-6-4-19-43(45)50(35-13-2-1-3-14-35)44-20-5-7-22-46(44)51/h1-32H. The van der Waals surface area contributed by atoms with Crippen LogP contribution >= 0.6 is 0 Å². The van der Waals surface area contributed by atoms with Gasteiger partial charge in [-0.3, -0.25) is 0 Å². The summed E-state index contributed by atoms with van der Waals surface area (Å²) < 4.78 is 2.21. The van der Waals surface area contributed by atoms with Crippen LogP contribution in [0.3, 0.4) is 0 Å². The molecular weight excluding hydrogens is 641 g/mol. The number of hydrogen-bond donors (Lipinski definition) is 0. The third-order valence-corrected chi connectivity index (χ3v) is 10.6. The third kappa shape index (κ3) is 5.02. The van der Waals surface area contributed by atoms with Gasteiger partial charge in [-0.1, -0.05) is 164 Å². The van der Waals surface area contributed by atoms with Gasteiger partial charge in [-0.05, 0) is 96.4 Å². The van der Waals surface area contributed by atoms with Crippen LogP contribution in [0.15, 0.2) is 194 Å². The molecule has 1 heterocycles. The van der Waals surface area contributed by atoms with Crippen molar-refractivity contribution >= 4 is 43.4 Å². The van der Waals surface area contributed by atoms with Crippen LogP contribution in [-0.4, -0.2) is 4.57 Å². The molecule has 0 saturated heterocycles. The molecule has 0 aliphatic heterocycles. The Hall–Kier alpha value is -7.21. The first-order chi connectivity index (χ1) is 26.3. The van der Waals surface area contributed by atoms with E-state index in [2.05, 4.69) is 199 Å². The minimum Gasteiger partial charge on any atom is -0.308 e. The zero-order chi connectivity index (χ0) is 35.3. The Kier molecular flexibility index (Phi) is 7.23. The van der Waals surface area contributed by atoms with Crippen molar-refractivity contribution in [1.29, 1.82) is 5.26 Å². The lowest BCUT2D eigenvalue weighted by atomic mass is 9.85. The number of nitriles is 1. The molecule has 1 aromatic heterocycles. The van der Waals surface area contributed by atoms with Crippen molar-refractivity contribution in [1.82, 2.24) is 4.57 Å². The fraction of sp³-hybridized carbons (Fsp3) is 0. The molecule has 0 unspecified atom stereocenters. The van der Waals surface area contributed by atoms with E-state index in [0.717, 1.165) is 39.0 Å². The molecule has 0 aliphatic rings. The van der Waals surface area contributed by atoms with Crippen molar-refractivity contribution in [2.75, 3.05) is 0 Å². The fourth-order valence-corrected chi connectivity index (χ4v) is 8.25. The van der Waals surface area contributed by atoms with Crippen molar-refractivity contribution in [3.8, 4) is 56.3 Å². The van der Waals surface area contributed by atoms with E-state index >= 15 is 0 Å². The summed E-state index contributed by atoms with van der Waals surface area (Å²) in [4.78, 5) is 0. The molecule has 0 bridgehead atoms. The Labute approximate surface area is 308 Å². The fourth-order valence-electron chi connectivity index (χ4n) is 8.25. The molecule has 10 rings (SSSR count). The van der Waals surface area contributed by atoms with E-state index in [4.69, 9.17) is 0 Å². The molecule has 10 aromatic rings. The second-order valence-corrected chi connectivity index (χ2v) is 13.6. The van der Waals surface area contributed by atoms with Gasteiger partial charge in [0, 0.05) is 10.8 Å². The maximum atomic E-state index is 10.4. The minimum absolute atomic E-state index is 0.640. The van der Waals surface area contributed by atoms with Gasteiger partial charge < -0.3 is 4.57 Å². The van der Waals surface area contributed by atoms with Gasteiger partial charge in [0.25, 0.3) is 0 Å². The van der Waals surface area contributed by atoms with Crippen molar-refractivity contribution in [2.45, 2.75) is 0 Å². The average Bonchev–Trinajstić information content (AvgIpc) is 3.57. The molecular formula is C51H32N2. The van der Waals surface area contributed by atoms with Crippen LogP contribution in [0.2, 0.25) is 0 Å². The Morgan fingerprint density at radius 2 is 0.717 bits per heavy atom. The van der Waals surface area contributed by atoms with Gasteiger partial charge in [0.05, 0.1) is 22.3 Å². The molecule has 0 aliphatic carbocycles. The molecule has 0 saturated carbocycles. The van der Waals surface area contributed by atoms with E-state index in [1.807, 2.05) is 6.07 Å². The smallest absolute Gasteiger partial charge is 0.101 e. The quantitative estimate of drug-likeness (QED) is 0.167. The summed E-state index contributed by atoms with van der Waals surface area (Å²) in [6, 6.07) is 71.5. The lowest BCUT2D eigenvalue weighted by Crippen LogP contribution is -1.98. The zero-order valence-electron chi connectivity index (χ0n) is 28.9. The lowest BCUT2D eigenvalue weighted by molar-refractivity contribution is 1.17. The second-order valence-electron chi connectivity index (χ2n) is 13.6. The van der Waals surface area contributed by atoms with Crippen LogP contribution in [0.25, 0.3) is 93.5 Å². The Morgan fingerprint density at radius 3 is 1.26 bits per heavy atom. The number of aromatic nitrogens is 1. The Morgan fingerprint density at radius 1 is 0.321 bits per heavy atom. The van der Waals surface area contributed by atoms with E-state index in [-0.39, 0.29) is 0 Å². The van der Waals surface area contributed by atoms with Crippen LogP contribution in [-0.2, 0) is 0 Å². The number of rotatable bonds is 5. The topological polar surface area (TPSA) is 28.7 Å². The number of hydrogen-bond acceptors (Lipinski definition) is 1. The van der Waals surface area contributed by atoms with E-state index in [1.54, 1.807) is 0 Å². The SMILES string of the molecule is N#Cc1cc(-c2cccc(-c3ccc(-c4c5ccccc5c(-c5ccccc5)c5ccccc45)cc3)c2)ccc1-n1c2ccccc2c2ccccc21. The highest BCUT2D eigenvalue weighted by Gasteiger charge is 2.18.